The third-order valence-electron chi connectivity index (χ3n) is 3.16. The second kappa shape index (κ2) is 9.88. The Bertz CT molecular complexity index is 931. The number of aromatic amines is 1. The van der Waals surface area contributed by atoms with Crippen molar-refractivity contribution < 1.29 is 56.6 Å². The lowest BCUT2D eigenvalue weighted by Crippen LogP contribution is -2.33. The van der Waals surface area contributed by atoms with Gasteiger partial charge in [0, 0.05) is 11.8 Å². The molecule has 1 aromatic heterocycles. The highest BCUT2D eigenvalue weighted by Gasteiger charge is 2.38. The molecule has 168 valence electrons. The van der Waals surface area contributed by atoms with Gasteiger partial charge in [-0.3, -0.25) is 14.3 Å². The van der Waals surface area contributed by atoms with Gasteiger partial charge in [0.1, 0.15) is 6.23 Å². The van der Waals surface area contributed by atoms with Gasteiger partial charge in [-0.1, -0.05) is 0 Å². The summed E-state index contributed by atoms with van der Waals surface area (Å²) in [7, 11) is -16.2. The van der Waals surface area contributed by atoms with Crippen molar-refractivity contribution in [3.8, 4) is 0 Å². The van der Waals surface area contributed by atoms with E-state index < -0.39 is 29.2 Å². The summed E-state index contributed by atoms with van der Waals surface area (Å²) in [5, 5.41) is 8.93. The molecule has 0 bridgehead atoms. The monoisotopic (exact) mass is 484 g/mol. The molecule has 1 fully saturated rings. The Labute approximate surface area is 161 Å². The van der Waals surface area contributed by atoms with Crippen LogP contribution in [0.5, 0.6) is 0 Å². The fourth-order valence-electron chi connectivity index (χ4n) is 2.11. The topological polar surface area (TPSA) is 255 Å². The standard InChI is InChI=1S/C10H14N2O4.H5O10P3/c1-6-4-12(10(15)11-9(6)14)8-3-2-7(5-13)16-8;1-11(2,3)9-13(7,8)10-12(4,5)6/h4,7-8,13H,2-3,5H2,1H3,(H,11,14,15);(H,7,8)(H2,1,2,3)(H2,4,5,6)/t7-,8+;/m0./s1. The molecule has 29 heavy (non-hydrogen) atoms. The van der Waals surface area contributed by atoms with Crippen LogP contribution in [-0.2, 0) is 27.1 Å². The van der Waals surface area contributed by atoms with E-state index in [0.29, 0.717) is 18.4 Å². The molecule has 19 heteroatoms. The van der Waals surface area contributed by atoms with Gasteiger partial charge in [-0.2, -0.15) is 8.62 Å². The Kier molecular flexibility index (Phi) is 8.87. The SMILES string of the molecule is Cc1cn([C@H]2CC[C@@H](CO)O2)c(=O)[nH]c1=O.O=P(O)(O)OP(=O)(O)OP(=O)(O)O. The van der Waals surface area contributed by atoms with E-state index in [9.17, 15) is 23.3 Å². The molecule has 1 aromatic rings. The van der Waals surface area contributed by atoms with Crippen molar-refractivity contribution in [3.05, 3.63) is 32.6 Å². The number of phosphoric acid groups is 3. The number of hydrogen-bond acceptors (Lipinski definition) is 9. The van der Waals surface area contributed by atoms with E-state index in [1.807, 2.05) is 0 Å². The van der Waals surface area contributed by atoms with E-state index in [0.717, 1.165) is 0 Å². The van der Waals surface area contributed by atoms with E-state index in [-0.39, 0.29) is 24.5 Å². The van der Waals surface area contributed by atoms with Crippen LogP contribution >= 0.6 is 23.5 Å². The zero-order valence-corrected chi connectivity index (χ0v) is 17.3. The normalized spacial score (nSPS) is 20.2. The number of aryl methyl sites for hydroxylation is 1. The van der Waals surface area contributed by atoms with Gasteiger partial charge in [-0.25, -0.2) is 18.5 Å². The summed E-state index contributed by atoms with van der Waals surface area (Å²) in [5.41, 5.74) is -0.382. The van der Waals surface area contributed by atoms with Gasteiger partial charge in [0.15, 0.2) is 0 Å². The molecular weight excluding hydrogens is 465 g/mol. The van der Waals surface area contributed by atoms with Crippen LogP contribution in [0, 0.1) is 6.92 Å². The first-order chi connectivity index (χ1) is 13.0. The minimum Gasteiger partial charge on any atom is -0.394 e. The van der Waals surface area contributed by atoms with Gasteiger partial charge in [-0.15, -0.1) is 0 Å². The molecule has 1 aliphatic rings. The Balaban J connectivity index is 0.000000298. The molecule has 2 heterocycles. The summed E-state index contributed by atoms with van der Waals surface area (Å²) in [6.07, 6.45) is 2.26. The minimum atomic E-state index is -5.46. The van der Waals surface area contributed by atoms with E-state index in [1.165, 1.54) is 10.8 Å². The van der Waals surface area contributed by atoms with Crippen LogP contribution in [0.2, 0.25) is 0 Å². The second-order valence-electron chi connectivity index (χ2n) is 5.56. The Morgan fingerprint density at radius 2 is 1.62 bits per heavy atom. The average Bonchev–Trinajstić information content (AvgIpc) is 2.95. The molecule has 0 radical (unpaired) electrons. The smallest absolute Gasteiger partial charge is 0.394 e. The first-order valence-corrected chi connectivity index (χ1v) is 12.0. The van der Waals surface area contributed by atoms with Crippen LogP contribution in [0.4, 0.5) is 0 Å². The van der Waals surface area contributed by atoms with Gasteiger partial charge in [-0.05, 0) is 19.8 Å². The van der Waals surface area contributed by atoms with Crippen molar-refractivity contribution >= 4 is 23.5 Å². The Morgan fingerprint density at radius 1 is 1.10 bits per heavy atom. The minimum absolute atomic E-state index is 0.0480. The predicted molar refractivity (Wildman–Crippen MR) is 92.4 cm³/mol. The number of aliphatic hydroxyl groups excluding tert-OH is 1. The molecular formula is C10H19N2O14P3. The first-order valence-electron chi connectivity index (χ1n) is 7.48. The maximum absolute atomic E-state index is 11.5. The molecule has 0 saturated carbocycles. The molecule has 1 saturated heterocycles. The molecule has 1 aliphatic heterocycles. The van der Waals surface area contributed by atoms with Crippen molar-refractivity contribution in [2.24, 2.45) is 0 Å². The summed E-state index contributed by atoms with van der Waals surface area (Å²) >= 11 is 0. The van der Waals surface area contributed by atoms with Crippen molar-refractivity contribution in [3.63, 3.8) is 0 Å². The molecule has 0 unspecified atom stereocenters. The summed E-state index contributed by atoms with van der Waals surface area (Å²) in [4.78, 5) is 65.2. The molecule has 0 amide bonds. The van der Waals surface area contributed by atoms with E-state index in [4.69, 9.17) is 34.3 Å². The fourth-order valence-corrected chi connectivity index (χ4v) is 4.65. The number of hydrogen-bond donors (Lipinski definition) is 7. The van der Waals surface area contributed by atoms with E-state index in [2.05, 4.69) is 13.6 Å². The summed E-state index contributed by atoms with van der Waals surface area (Å²) < 4.78 is 43.2. The zero-order valence-electron chi connectivity index (χ0n) is 14.6. The number of H-pyrrole nitrogens is 1. The molecule has 16 nitrogen and oxygen atoms in total. The van der Waals surface area contributed by atoms with E-state index >= 15 is 0 Å². The van der Waals surface area contributed by atoms with Crippen molar-refractivity contribution in [2.45, 2.75) is 32.1 Å². The lowest BCUT2D eigenvalue weighted by Gasteiger charge is -2.14. The summed E-state index contributed by atoms with van der Waals surface area (Å²) in [5.74, 6) is 0. The van der Waals surface area contributed by atoms with Crippen molar-refractivity contribution in [2.75, 3.05) is 6.61 Å². The van der Waals surface area contributed by atoms with Crippen LogP contribution in [0.1, 0.15) is 24.6 Å². The maximum Gasteiger partial charge on any atom is 0.490 e. The third kappa shape index (κ3) is 9.57. The van der Waals surface area contributed by atoms with Gasteiger partial charge >= 0.3 is 29.2 Å². The van der Waals surface area contributed by atoms with E-state index in [1.54, 1.807) is 6.92 Å². The van der Waals surface area contributed by atoms with Crippen LogP contribution in [0.15, 0.2) is 15.8 Å². The number of aromatic nitrogens is 2. The van der Waals surface area contributed by atoms with Gasteiger partial charge in [0.05, 0.1) is 12.7 Å². The van der Waals surface area contributed by atoms with Crippen molar-refractivity contribution in [1.82, 2.24) is 9.55 Å². The van der Waals surface area contributed by atoms with Crippen LogP contribution in [0.25, 0.3) is 0 Å². The second-order valence-corrected chi connectivity index (χ2v) is 9.77. The predicted octanol–water partition coefficient (Wildman–Crippen LogP) is -1.18. The quantitative estimate of drug-likeness (QED) is 0.235. The van der Waals surface area contributed by atoms with Crippen LogP contribution in [-0.4, -0.2) is 51.8 Å². The van der Waals surface area contributed by atoms with Gasteiger partial charge < -0.3 is 34.3 Å². The zero-order chi connectivity index (χ0) is 22.6. The summed E-state index contributed by atoms with van der Waals surface area (Å²) in [6, 6.07) is 0. The average molecular weight is 484 g/mol. The first kappa shape index (κ1) is 26.0. The number of aliphatic hydroxyl groups is 1. The highest BCUT2D eigenvalue weighted by Crippen LogP contribution is 2.64. The lowest BCUT2D eigenvalue weighted by molar-refractivity contribution is -0.0247. The highest BCUT2D eigenvalue weighted by molar-refractivity contribution is 7.66. The lowest BCUT2D eigenvalue weighted by atomic mass is 10.2. The fraction of sp³-hybridized carbons (Fsp3) is 0.600. The maximum atomic E-state index is 11.5. The largest absolute Gasteiger partial charge is 0.490 e. The van der Waals surface area contributed by atoms with Crippen LogP contribution in [0.3, 0.4) is 0 Å². The Morgan fingerprint density at radius 3 is 2.03 bits per heavy atom. The molecule has 0 spiro atoms. The van der Waals surface area contributed by atoms with Gasteiger partial charge in [0.2, 0.25) is 0 Å². The Hall–Kier alpha value is -0.990. The molecule has 0 aliphatic carbocycles. The molecule has 2 atom stereocenters. The van der Waals surface area contributed by atoms with Gasteiger partial charge in [0.25, 0.3) is 5.56 Å². The highest BCUT2D eigenvalue weighted by atomic mass is 31.3. The number of rotatable bonds is 6. The van der Waals surface area contributed by atoms with Crippen LogP contribution < -0.4 is 11.2 Å². The molecule has 0 aromatic carbocycles. The summed E-state index contributed by atoms with van der Waals surface area (Å²) in [6.45, 7) is 1.58. The number of nitrogens with one attached hydrogen (secondary N) is 1. The third-order valence-corrected chi connectivity index (χ3v) is 6.52. The number of ether oxygens (including phenoxy) is 1. The molecule has 7 N–H and O–H groups in total. The van der Waals surface area contributed by atoms with Crippen molar-refractivity contribution in [1.29, 1.82) is 0 Å². The molecule has 2 rings (SSSR count). The number of nitrogens with zero attached hydrogens (tertiary/aromatic N) is 1.